The molecule has 0 saturated carbocycles. The molecule has 0 spiro atoms. The minimum atomic E-state index is -0.808. The van der Waals surface area contributed by atoms with E-state index in [0.29, 0.717) is 0 Å². The maximum Gasteiger partial charge on any atom is 0.328 e. The summed E-state index contributed by atoms with van der Waals surface area (Å²) in [5.41, 5.74) is 1.07. The second-order valence-electron chi connectivity index (χ2n) is 4.01. The molecule has 0 aromatic rings. The molecular formula is C13H24O2. The van der Waals surface area contributed by atoms with Crippen LogP contribution >= 0.6 is 0 Å². The molecule has 0 radical (unpaired) electrons. The molecule has 1 N–H and O–H groups in total. The number of rotatable bonds is 9. The molecule has 15 heavy (non-hydrogen) atoms. The lowest BCUT2D eigenvalue weighted by atomic mass is 10.0. The van der Waals surface area contributed by atoms with Crippen molar-refractivity contribution in [1.82, 2.24) is 0 Å². The third-order valence-corrected chi connectivity index (χ3v) is 2.63. The lowest BCUT2D eigenvalue weighted by Crippen LogP contribution is -1.92. The molecule has 2 heteroatoms. The van der Waals surface area contributed by atoms with Crippen LogP contribution < -0.4 is 0 Å². The summed E-state index contributed by atoms with van der Waals surface area (Å²) in [6.07, 6.45) is 10.8. The van der Waals surface area contributed by atoms with Crippen LogP contribution in [0.4, 0.5) is 0 Å². The molecule has 0 aliphatic carbocycles. The summed E-state index contributed by atoms with van der Waals surface area (Å²) in [7, 11) is 0. The molecule has 88 valence electrons. The first-order chi connectivity index (χ1) is 7.20. The molecule has 0 aliphatic heterocycles. The van der Waals surface area contributed by atoms with E-state index in [1.54, 1.807) is 0 Å². The van der Waals surface area contributed by atoms with Gasteiger partial charge < -0.3 is 5.11 Å². The molecular weight excluding hydrogens is 188 g/mol. The van der Waals surface area contributed by atoms with E-state index in [1.165, 1.54) is 38.2 Å². The van der Waals surface area contributed by atoms with Gasteiger partial charge in [0.05, 0.1) is 0 Å². The number of hydrogen-bond donors (Lipinski definition) is 1. The van der Waals surface area contributed by atoms with Crippen molar-refractivity contribution < 1.29 is 9.90 Å². The van der Waals surface area contributed by atoms with Gasteiger partial charge in [-0.1, -0.05) is 51.5 Å². The molecule has 0 amide bonds. The topological polar surface area (TPSA) is 37.3 Å². The molecule has 2 nitrogen and oxygen atoms in total. The minimum absolute atomic E-state index is 0.808. The standard InChI is InChI=1S/C13H24O2/c1-3-5-6-7-8-9-10-12(4-2)11-13(14)15/h11H,3-10H2,1-2H3,(H,14,15). The Labute approximate surface area is 93.4 Å². The van der Waals surface area contributed by atoms with Gasteiger partial charge in [0, 0.05) is 6.08 Å². The monoisotopic (exact) mass is 212 g/mol. The van der Waals surface area contributed by atoms with Crippen molar-refractivity contribution in [2.75, 3.05) is 0 Å². The highest BCUT2D eigenvalue weighted by atomic mass is 16.4. The quantitative estimate of drug-likeness (QED) is 0.460. The second kappa shape index (κ2) is 9.75. The van der Waals surface area contributed by atoms with E-state index in [9.17, 15) is 4.79 Å². The summed E-state index contributed by atoms with van der Waals surface area (Å²) in [6, 6.07) is 0. The Morgan fingerprint density at radius 3 is 2.20 bits per heavy atom. The van der Waals surface area contributed by atoms with Gasteiger partial charge in [0.2, 0.25) is 0 Å². The van der Waals surface area contributed by atoms with Gasteiger partial charge in [0.25, 0.3) is 0 Å². The lowest BCUT2D eigenvalue weighted by molar-refractivity contribution is -0.131. The first kappa shape index (κ1) is 14.2. The molecule has 0 unspecified atom stereocenters. The first-order valence-corrected chi connectivity index (χ1v) is 6.13. The van der Waals surface area contributed by atoms with Gasteiger partial charge >= 0.3 is 5.97 Å². The highest BCUT2D eigenvalue weighted by Gasteiger charge is 1.98. The van der Waals surface area contributed by atoms with Crippen LogP contribution in [-0.4, -0.2) is 11.1 Å². The Morgan fingerprint density at radius 1 is 1.07 bits per heavy atom. The van der Waals surface area contributed by atoms with Gasteiger partial charge in [-0.25, -0.2) is 4.79 Å². The van der Waals surface area contributed by atoms with E-state index in [0.717, 1.165) is 24.8 Å². The van der Waals surface area contributed by atoms with E-state index >= 15 is 0 Å². The summed E-state index contributed by atoms with van der Waals surface area (Å²) in [4.78, 5) is 10.5. The largest absolute Gasteiger partial charge is 0.478 e. The lowest BCUT2D eigenvalue weighted by Gasteiger charge is -2.03. The number of unbranched alkanes of at least 4 members (excludes halogenated alkanes) is 5. The van der Waals surface area contributed by atoms with Gasteiger partial charge in [-0.2, -0.15) is 0 Å². The fourth-order valence-electron chi connectivity index (χ4n) is 1.66. The Kier molecular flexibility index (Phi) is 9.24. The third kappa shape index (κ3) is 9.51. The number of carboxylic acids is 1. The summed E-state index contributed by atoms with van der Waals surface area (Å²) in [6.45, 7) is 4.23. The predicted molar refractivity (Wildman–Crippen MR) is 64.0 cm³/mol. The molecule has 0 rings (SSSR count). The average molecular weight is 212 g/mol. The van der Waals surface area contributed by atoms with Crippen LogP contribution in [0.1, 0.15) is 65.2 Å². The van der Waals surface area contributed by atoms with E-state index in [2.05, 4.69) is 6.92 Å². The van der Waals surface area contributed by atoms with Gasteiger partial charge in [0.15, 0.2) is 0 Å². The number of aliphatic carboxylic acids is 1. The Bertz CT molecular complexity index is 195. The molecule has 0 saturated heterocycles. The van der Waals surface area contributed by atoms with Gasteiger partial charge in [0.1, 0.15) is 0 Å². The van der Waals surface area contributed by atoms with E-state index < -0.39 is 5.97 Å². The van der Waals surface area contributed by atoms with Gasteiger partial charge in [-0.05, 0) is 19.3 Å². The van der Waals surface area contributed by atoms with Crippen LogP contribution in [0, 0.1) is 0 Å². The number of carbonyl (C=O) groups is 1. The van der Waals surface area contributed by atoms with Crippen molar-refractivity contribution in [3.05, 3.63) is 11.6 Å². The fourth-order valence-corrected chi connectivity index (χ4v) is 1.66. The van der Waals surface area contributed by atoms with E-state index in [4.69, 9.17) is 5.11 Å². The molecule has 0 aromatic heterocycles. The Hall–Kier alpha value is -0.790. The molecule has 0 bridgehead atoms. The zero-order valence-electron chi connectivity index (χ0n) is 10.1. The van der Waals surface area contributed by atoms with Crippen LogP contribution in [0.2, 0.25) is 0 Å². The number of allylic oxidation sites excluding steroid dienone is 1. The highest BCUT2D eigenvalue weighted by Crippen LogP contribution is 2.13. The molecule has 0 fully saturated rings. The second-order valence-corrected chi connectivity index (χ2v) is 4.01. The molecule has 0 atom stereocenters. The molecule has 0 aliphatic rings. The highest BCUT2D eigenvalue weighted by molar-refractivity contribution is 5.80. The van der Waals surface area contributed by atoms with Crippen molar-refractivity contribution in [1.29, 1.82) is 0 Å². The third-order valence-electron chi connectivity index (χ3n) is 2.63. The number of carboxylic acid groups (broad SMARTS) is 1. The summed E-state index contributed by atoms with van der Waals surface area (Å²) in [5.74, 6) is -0.808. The maximum atomic E-state index is 10.5. The maximum absolute atomic E-state index is 10.5. The van der Waals surface area contributed by atoms with Gasteiger partial charge in [-0.3, -0.25) is 0 Å². The van der Waals surface area contributed by atoms with Gasteiger partial charge in [-0.15, -0.1) is 0 Å². The predicted octanol–water partition coefficient (Wildman–Crippen LogP) is 4.16. The van der Waals surface area contributed by atoms with Crippen LogP contribution in [0.3, 0.4) is 0 Å². The van der Waals surface area contributed by atoms with Crippen LogP contribution in [0.5, 0.6) is 0 Å². The van der Waals surface area contributed by atoms with E-state index in [1.807, 2.05) is 6.92 Å². The Morgan fingerprint density at radius 2 is 1.67 bits per heavy atom. The summed E-state index contributed by atoms with van der Waals surface area (Å²) < 4.78 is 0. The van der Waals surface area contributed by atoms with E-state index in [-0.39, 0.29) is 0 Å². The van der Waals surface area contributed by atoms with Crippen molar-refractivity contribution in [2.24, 2.45) is 0 Å². The van der Waals surface area contributed by atoms with Crippen LogP contribution in [0.15, 0.2) is 11.6 Å². The smallest absolute Gasteiger partial charge is 0.328 e. The van der Waals surface area contributed by atoms with Crippen molar-refractivity contribution >= 4 is 5.97 Å². The minimum Gasteiger partial charge on any atom is -0.478 e. The molecule has 0 aromatic carbocycles. The zero-order chi connectivity index (χ0) is 11.5. The van der Waals surface area contributed by atoms with Crippen molar-refractivity contribution in [3.8, 4) is 0 Å². The number of hydrogen-bond acceptors (Lipinski definition) is 1. The zero-order valence-corrected chi connectivity index (χ0v) is 10.1. The Balaban J connectivity index is 3.51. The first-order valence-electron chi connectivity index (χ1n) is 6.13. The normalized spacial score (nSPS) is 11.7. The SMILES string of the molecule is CCCCCCCCC(=CC(=O)O)CC. The summed E-state index contributed by atoms with van der Waals surface area (Å²) in [5, 5.41) is 8.61. The summed E-state index contributed by atoms with van der Waals surface area (Å²) >= 11 is 0. The van der Waals surface area contributed by atoms with Crippen LogP contribution in [0.25, 0.3) is 0 Å². The van der Waals surface area contributed by atoms with Crippen molar-refractivity contribution in [2.45, 2.75) is 65.2 Å². The average Bonchev–Trinajstić information content (AvgIpc) is 2.20. The fraction of sp³-hybridized carbons (Fsp3) is 0.769. The van der Waals surface area contributed by atoms with Crippen LogP contribution in [-0.2, 0) is 4.79 Å². The van der Waals surface area contributed by atoms with Crippen molar-refractivity contribution in [3.63, 3.8) is 0 Å². The molecule has 0 heterocycles.